The van der Waals surface area contributed by atoms with Crippen LogP contribution in [0.1, 0.15) is 71.3 Å². The van der Waals surface area contributed by atoms with Crippen molar-refractivity contribution in [3.63, 3.8) is 0 Å². The smallest absolute Gasteiger partial charge is 0.369 e. The van der Waals surface area contributed by atoms with Gasteiger partial charge in [-0.15, -0.1) is 0 Å². The molecule has 0 radical (unpaired) electrons. The number of primary amides is 1. The molecule has 1 saturated heterocycles. The Labute approximate surface area is 204 Å². The van der Waals surface area contributed by atoms with Crippen LogP contribution in [0.4, 0.5) is 19.0 Å². The van der Waals surface area contributed by atoms with Crippen LogP contribution in [-0.2, 0) is 15.8 Å². The molecule has 35 heavy (non-hydrogen) atoms. The number of halogens is 3. The fourth-order valence-electron chi connectivity index (χ4n) is 8.94. The van der Waals surface area contributed by atoms with E-state index < -0.39 is 11.7 Å². The number of piperidine rings is 1. The number of likely N-dealkylation sites (tertiary alicyclic amines) is 1. The van der Waals surface area contributed by atoms with Gasteiger partial charge in [0, 0.05) is 23.6 Å². The van der Waals surface area contributed by atoms with Gasteiger partial charge >= 0.3 is 12.1 Å². The van der Waals surface area contributed by atoms with E-state index >= 15 is 0 Å². The van der Waals surface area contributed by atoms with Gasteiger partial charge in [0.2, 0.25) is 11.7 Å². The normalized spacial score (nSPS) is 41.3. The van der Waals surface area contributed by atoms with Crippen LogP contribution in [0, 0.1) is 34.5 Å². The van der Waals surface area contributed by atoms with E-state index in [1.165, 1.54) is 0 Å². The zero-order valence-electron chi connectivity index (χ0n) is 20.9. The van der Waals surface area contributed by atoms with Crippen LogP contribution < -0.4 is 10.2 Å². The Kier molecular flexibility index (Phi) is 5.34. The Morgan fingerprint density at radius 3 is 2.54 bits per heavy atom. The molecule has 2 amide bonds. The number of alkyl halides is 3. The van der Waals surface area contributed by atoms with Crippen LogP contribution in [0.25, 0.3) is 0 Å². The third kappa shape index (κ3) is 3.27. The molecule has 5 nitrogen and oxygen atoms in total. The maximum absolute atomic E-state index is 13.5. The monoisotopic (exact) mass is 490 g/mol. The van der Waals surface area contributed by atoms with Crippen LogP contribution in [0.15, 0.2) is 29.6 Å². The topological polar surface area (TPSA) is 73.1 Å². The fraction of sp³-hybridized carbons (Fsp3) is 0.667. The number of fused-ring (bicyclic) bond motifs is 5. The number of pyridine rings is 1. The summed E-state index contributed by atoms with van der Waals surface area (Å²) in [5, 5.41) is 0. The first-order valence-electron chi connectivity index (χ1n) is 12.7. The molecular weight excluding hydrogens is 455 g/mol. The Morgan fingerprint density at radius 2 is 1.89 bits per heavy atom. The maximum Gasteiger partial charge on any atom is 0.416 e. The summed E-state index contributed by atoms with van der Waals surface area (Å²) < 4.78 is 40.4. The first-order chi connectivity index (χ1) is 16.2. The third-order valence-electron chi connectivity index (χ3n) is 10.4. The molecule has 1 unspecified atom stereocenters. The van der Waals surface area contributed by atoms with Crippen molar-refractivity contribution < 1.29 is 22.8 Å². The Hall–Kier alpha value is -2.22. The van der Waals surface area contributed by atoms with Crippen molar-refractivity contribution in [2.24, 2.45) is 40.2 Å². The van der Waals surface area contributed by atoms with E-state index in [9.17, 15) is 22.8 Å². The molecule has 2 heterocycles. The molecule has 0 spiro atoms. The molecule has 7 atom stereocenters. The Bertz CT molecular complexity index is 1130. The highest BCUT2D eigenvalue weighted by molar-refractivity contribution is 5.92. The van der Waals surface area contributed by atoms with E-state index in [2.05, 4.69) is 18.8 Å². The molecule has 3 aliphatic carbocycles. The number of nitrogens with two attached hydrogens (primary N) is 1. The average molecular weight is 491 g/mol. The highest BCUT2D eigenvalue weighted by Crippen LogP contribution is 2.67. The van der Waals surface area contributed by atoms with Crippen LogP contribution in [0.2, 0.25) is 0 Å². The standard InChI is InChI=1S/C27H34F3N3O2/c1-15-13-17-18-5-6-20(24(31)35)25(18,2)10-7-19(17)26(3)11-8-22(34)33(4,23(15)26)21-14-16(9-12-32-21)27(28,29)30/h9,12,14,17-20H,5-8,10-11,13H2,1-4H3,(H-,31,35)/p+1/t17-,18-,19-,20+,25-,26+,33?/m0/s1. The van der Waals surface area contributed by atoms with Gasteiger partial charge < -0.3 is 5.73 Å². The molecule has 1 aromatic heterocycles. The minimum atomic E-state index is -4.51. The van der Waals surface area contributed by atoms with E-state index in [1.54, 1.807) is 7.05 Å². The fourth-order valence-corrected chi connectivity index (χ4v) is 8.94. The third-order valence-corrected chi connectivity index (χ3v) is 10.4. The molecule has 190 valence electrons. The maximum atomic E-state index is 13.5. The van der Waals surface area contributed by atoms with Gasteiger partial charge in [-0.05, 0) is 80.3 Å². The summed E-state index contributed by atoms with van der Waals surface area (Å²) >= 11 is 0. The summed E-state index contributed by atoms with van der Waals surface area (Å²) in [6.07, 6.45) is 2.08. The summed E-state index contributed by atoms with van der Waals surface area (Å²) in [7, 11) is 1.73. The first kappa shape index (κ1) is 24.5. The number of nitrogens with zero attached hydrogens (tertiary/aromatic N) is 2. The molecule has 2 saturated carbocycles. The average Bonchev–Trinajstić information content (AvgIpc) is 3.14. The molecular formula is C27H35F3N3O2+. The van der Waals surface area contributed by atoms with Crippen LogP contribution in [0.5, 0.6) is 0 Å². The van der Waals surface area contributed by atoms with Crippen LogP contribution >= 0.6 is 0 Å². The van der Waals surface area contributed by atoms with E-state index in [0.29, 0.717) is 30.6 Å². The van der Waals surface area contributed by atoms with E-state index in [0.717, 1.165) is 61.7 Å². The first-order valence-corrected chi connectivity index (χ1v) is 12.7. The molecule has 1 aliphatic heterocycles. The number of hydrogen-bond acceptors (Lipinski definition) is 3. The van der Waals surface area contributed by atoms with Gasteiger partial charge in [0.05, 0.1) is 19.0 Å². The molecule has 1 aromatic rings. The number of carbonyl (C=O) groups excluding carboxylic acids is 2. The van der Waals surface area contributed by atoms with Gasteiger partial charge in [0.15, 0.2) is 0 Å². The van der Waals surface area contributed by atoms with Crippen molar-refractivity contribution in [1.82, 2.24) is 9.47 Å². The van der Waals surface area contributed by atoms with Crippen molar-refractivity contribution in [2.45, 2.75) is 71.9 Å². The zero-order chi connectivity index (χ0) is 25.6. The number of allylic oxidation sites excluding steroid dienone is 2. The van der Waals surface area contributed by atoms with E-state index in [1.807, 2.05) is 6.92 Å². The zero-order valence-corrected chi connectivity index (χ0v) is 20.9. The molecule has 3 fully saturated rings. The number of aromatic nitrogens is 1. The van der Waals surface area contributed by atoms with Gasteiger partial charge in [0.25, 0.3) is 0 Å². The lowest BCUT2D eigenvalue weighted by molar-refractivity contribution is -0.139. The number of quaternary nitrogens is 1. The summed E-state index contributed by atoms with van der Waals surface area (Å²) in [6.45, 7) is 6.48. The van der Waals surface area contributed by atoms with Crippen molar-refractivity contribution in [1.29, 1.82) is 0 Å². The van der Waals surface area contributed by atoms with Gasteiger partial charge in [-0.2, -0.15) is 17.7 Å². The van der Waals surface area contributed by atoms with Crippen LogP contribution in [0.3, 0.4) is 0 Å². The molecule has 2 N–H and O–H groups in total. The van der Waals surface area contributed by atoms with E-state index in [4.69, 9.17) is 5.73 Å². The number of rotatable bonds is 2. The van der Waals surface area contributed by atoms with Crippen molar-refractivity contribution in [3.05, 3.63) is 35.2 Å². The molecule has 4 aliphatic rings. The SMILES string of the molecule is CC1=C2[C@](C)(CCC(=O)[N+]2(C)c2cc(C(F)(F)F)ccn2)[C@H]2CC[C@]3(C)[C@@H](C(N)=O)CC[C@H]3[C@@H]2C1. The Morgan fingerprint density at radius 1 is 1.17 bits per heavy atom. The van der Waals surface area contributed by atoms with Gasteiger partial charge in [-0.25, -0.2) is 9.78 Å². The second-order valence-corrected chi connectivity index (χ2v) is 12.0. The highest BCUT2D eigenvalue weighted by atomic mass is 19.4. The predicted molar refractivity (Wildman–Crippen MR) is 126 cm³/mol. The highest BCUT2D eigenvalue weighted by Gasteiger charge is 2.65. The molecule has 5 rings (SSSR count). The van der Waals surface area contributed by atoms with Crippen molar-refractivity contribution >= 4 is 17.6 Å². The predicted octanol–water partition coefficient (Wildman–Crippen LogP) is 5.59. The summed E-state index contributed by atoms with van der Waals surface area (Å²) in [4.78, 5) is 30.1. The summed E-state index contributed by atoms with van der Waals surface area (Å²) in [6, 6.07) is 2.00. The molecule has 0 bridgehead atoms. The summed E-state index contributed by atoms with van der Waals surface area (Å²) in [5.41, 5.74) is 6.59. The lowest BCUT2D eigenvalue weighted by Gasteiger charge is -2.59. The molecule has 0 aromatic carbocycles. The van der Waals surface area contributed by atoms with Gasteiger partial charge in [-0.1, -0.05) is 13.8 Å². The molecule has 8 heteroatoms. The Balaban J connectivity index is 1.62. The van der Waals surface area contributed by atoms with Crippen molar-refractivity contribution in [3.8, 4) is 0 Å². The number of amides is 2. The van der Waals surface area contributed by atoms with E-state index in [-0.39, 0.29) is 38.9 Å². The minimum absolute atomic E-state index is 0.102. The number of hydrogen-bond donors (Lipinski definition) is 1. The van der Waals surface area contributed by atoms with Gasteiger partial charge in [0.1, 0.15) is 5.70 Å². The number of carbonyl (C=O) groups is 2. The second-order valence-electron chi connectivity index (χ2n) is 12.0. The largest absolute Gasteiger partial charge is 0.416 e. The lowest BCUT2D eigenvalue weighted by atomic mass is 9.48. The quantitative estimate of drug-likeness (QED) is 0.550. The van der Waals surface area contributed by atoms with Crippen molar-refractivity contribution in [2.75, 3.05) is 7.05 Å². The minimum Gasteiger partial charge on any atom is -0.369 e. The summed E-state index contributed by atoms with van der Waals surface area (Å²) in [5.74, 6) is 0.790. The van der Waals surface area contributed by atoms with Crippen LogP contribution in [-0.4, -0.2) is 23.8 Å². The van der Waals surface area contributed by atoms with Gasteiger partial charge in [-0.3, -0.25) is 4.79 Å². The lowest BCUT2D eigenvalue weighted by Crippen LogP contribution is -2.63. The second kappa shape index (κ2) is 7.64.